The van der Waals surface area contributed by atoms with Crippen molar-refractivity contribution in [1.29, 1.82) is 0 Å². The quantitative estimate of drug-likeness (QED) is 0.821. The summed E-state index contributed by atoms with van der Waals surface area (Å²) in [7, 11) is -2.90. The zero-order valence-corrected chi connectivity index (χ0v) is 11.3. The van der Waals surface area contributed by atoms with Crippen molar-refractivity contribution in [2.45, 2.75) is 43.4 Å². The van der Waals surface area contributed by atoms with Crippen LogP contribution in [0.4, 0.5) is 0 Å². The summed E-state index contributed by atoms with van der Waals surface area (Å²) in [5.74, 6) is 0.786. The normalized spacial score (nSPS) is 36.9. The van der Waals surface area contributed by atoms with E-state index >= 15 is 0 Å². The Labute approximate surface area is 104 Å². The molecule has 17 heavy (non-hydrogen) atoms. The standard InChI is InChI=1S/C12H23NO3S/c1-17(14,15)11-4-2-3-9(7-11)12(13)10-5-6-16-8-10/h9-12H,2-8,13H2,1H3. The maximum absolute atomic E-state index is 11.6. The number of rotatable bonds is 3. The fourth-order valence-corrected chi connectivity index (χ4v) is 4.35. The van der Waals surface area contributed by atoms with Crippen LogP contribution in [0.25, 0.3) is 0 Å². The number of ether oxygens (including phenoxy) is 1. The molecule has 2 N–H and O–H groups in total. The van der Waals surface area contributed by atoms with Crippen molar-refractivity contribution >= 4 is 9.84 Å². The molecule has 1 saturated heterocycles. The molecule has 4 nitrogen and oxygen atoms in total. The molecule has 100 valence electrons. The highest BCUT2D eigenvalue weighted by molar-refractivity contribution is 7.91. The molecular formula is C12H23NO3S. The van der Waals surface area contributed by atoms with Gasteiger partial charge in [0, 0.05) is 18.9 Å². The molecule has 1 heterocycles. The lowest BCUT2D eigenvalue weighted by atomic mass is 9.78. The van der Waals surface area contributed by atoms with Gasteiger partial charge in [-0.05, 0) is 37.5 Å². The summed E-state index contributed by atoms with van der Waals surface area (Å²) in [6.07, 6.45) is 6.00. The third-order valence-electron chi connectivity index (χ3n) is 4.33. The van der Waals surface area contributed by atoms with Crippen molar-refractivity contribution in [2.75, 3.05) is 19.5 Å². The highest BCUT2D eigenvalue weighted by Crippen LogP contribution is 2.33. The Bertz CT molecular complexity index is 349. The summed E-state index contributed by atoms with van der Waals surface area (Å²) in [6.45, 7) is 1.56. The molecule has 4 atom stereocenters. The highest BCUT2D eigenvalue weighted by atomic mass is 32.2. The minimum Gasteiger partial charge on any atom is -0.381 e. The Morgan fingerprint density at radius 1 is 1.24 bits per heavy atom. The van der Waals surface area contributed by atoms with Crippen LogP contribution in [0.15, 0.2) is 0 Å². The van der Waals surface area contributed by atoms with Crippen LogP contribution in [-0.2, 0) is 14.6 Å². The summed E-state index contributed by atoms with van der Waals surface area (Å²) in [5, 5.41) is -0.172. The van der Waals surface area contributed by atoms with Crippen LogP contribution < -0.4 is 5.73 Å². The second-order valence-electron chi connectivity index (χ2n) is 5.58. The van der Waals surface area contributed by atoms with E-state index < -0.39 is 9.84 Å². The summed E-state index contributed by atoms with van der Waals surface area (Å²) in [6, 6.07) is 0.113. The van der Waals surface area contributed by atoms with Gasteiger partial charge in [-0.2, -0.15) is 0 Å². The molecule has 2 rings (SSSR count). The van der Waals surface area contributed by atoms with E-state index in [-0.39, 0.29) is 11.3 Å². The van der Waals surface area contributed by atoms with E-state index in [1.807, 2.05) is 0 Å². The minimum atomic E-state index is -2.90. The van der Waals surface area contributed by atoms with E-state index in [4.69, 9.17) is 10.5 Å². The zero-order valence-electron chi connectivity index (χ0n) is 10.5. The fraction of sp³-hybridized carbons (Fsp3) is 1.00. The van der Waals surface area contributed by atoms with Crippen molar-refractivity contribution in [3.63, 3.8) is 0 Å². The molecule has 0 bridgehead atoms. The topological polar surface area (TPSA) is 69.4 Å². The Kier molecular flexibility index (Phi) is 4.10. The Morgan fingerprint density at radius 2 is 2.00 bits per heavy atom. The lowest BCUT2D eigenvalue weighted by Crippen LogP contribution is -2.42. The summed E-state index contributed by atoms with van der Waals surface area (Å²) in [4.78, 5) is 0. The Balaban J connectivity index is 1.96. The molecule has 0 aromatic carbocycles. The monoisotopic (exact) mass is 261 g/mol. The molecule has 0 aromatic rings. The predicted molar refractivity (Wildman–Crippen MR) is 67.5 cm³/mol. The van der Waals surface area contributed by atoms with Gasteiger partial charge in [-0.3, -0.25) is 0 Å². The van der Waals surface area contributed by atoms with Crippen LogP contribution in [0.5, 0.6) is 0 Å². The number of nitrogens with two attached hydrogens (primary N) is 1. The van der Waals surface area contributed by atoms with Gasteiger partial charge in [0.1, 0.15) is 9.84 Å². The number of hydrogen-bond acceptors (Lipinski definition) is 4. The van der Waals surface area contributed by atoms with Crippen molar-refractivity contribution < 1.29 is 13.2 Å². The number of hydrogen-bond donors (Lipinski definition) is 1. The average molecular weight is 261 g/mol. The largest absolute Gasteiger partial charge is 0.381 e. The average Bonchev–Trinajstić information content (AvgIpc) is 2.80. The summed E-state index contributed by atoms with van der Waals surface area (Å²) >= 11 is 0. The minimum absolute atomic E-state index is 0.113. The van der Waals surface area contributed by atoms with Gasteiger partial charge in [-0.25, -0.2) is 8.42 Å². The van der Waals surface area contributed by atoms with Gasteiger partial charge in [0.25, 0.3) is 0 Å². The Hall–Kier alpha value is -0.130. The smallest absolute Gasteiger partial charge is 0.150 e. The van der Waals surface area contributed by atoms with Crippen molar-refractivity contribution in [1.82, 2.24) is 0 Å². The first kappa shape index (κ1) is 13.3. The van der Waals surface area contributed by atoms with Gasteiger partial charge in [0.05, 0.1) is 11.9 Å². The van der Waals surface area contributed by atoms with Crippen LogP contribution in [0.1, 0.15) is 32.1 Å². The highest BCUT2D eigenvalue weighted by Gasteiger charge is 2.35. The zero-order chi connectivity index (χ0) is 12.5. The van der Waals surface area contributed by atoms with Crippen LogP contribution in [0, 0.1) is 11.8 Å². The lowest BCUT2D eigenvalue weighted by Gasteiger charge is -2.34. The second kappa shape index (κ2) is 5.24. The fourth-order valence-electron chi connectivity index (χ4n) is 3.16. The summed E-state index contributed by atoms with van der Waals surface area (Å²) in [5.41, 5.74) is 6.28. The third-order valence-corrected chi connectivity index (χ3v) is 5.96. The SMILES string of the molecule is CS(=O)(=O)C1CCCC(C(N)C2CCOC2)C1. The molecule has 2 aliphatic rings. The molecule has 0 radical (unpaired) electrons. The molecular weight excluding hydrogens is 238 g/mol. The van der Waals surface area contributed by atoms with E-state index in [0.29, 0.717) is 11.8 Å². The molecule has 0 aromatic heterocycles. The van der Waals surface area contributed by atoms with Crippen molar-refractivity contribution in [3.8, 4) is 0 Å². The van der Waals surface area contributed by atoms with Gasteiger partial charge in [-0.15, -0.1) is 0 Å². The first-order valence-corrected chi connectivity index (χ1v) is 8.46. The van der Waals surface area contributed by atoms with Gasteiger partial charge in [0.15, 0.2) is 0 Å². The molecule has 2 fully saturated rings. The van der Waals surface area contributed by atoms with Gasteiger partial charge in [0.2, 0.25) is 0 Å². The van der Waals surface area contributed by atoms with E-state index in [1.165, 1.54) is 6.26 Å². The van der Waals surface area contributed by atoms with E-state index in [9.17, 15) is 8.42 Å². The van der Waals surface area contributed by atoms with Crippen LogP contribution in [-0.4, -0.2) is 39.2 Å². The maximum Gasteiger partial charge on any atom is 0.150 e. The molecule has 5 heteroatoms. The Morgan fingerprint density at radius 3 is 2.59 bits per heavy atom. The molecule has 1 saturated carbocycles. The van der Waals surface area contributed by atoms with Crippen molar-refractivity contribution in [2.24, 2.45) is 17.6 Å². The van der Waals surface area contributed by atoms with E-state index in [1.54, 1.807) is 0 Å². The molecule has 4 unspecified atom stereocenters. The second-order valence-corrected chi connectivity index (χ2v) is 7.90. The van der Waals surface area contributed by atoms with Gasteiger partial charge in [-0.1, -0.05) is 6.42 Å². The van der Waals surface area contributed by atoms with Crippen LogP contribution >= 0.6 is 0 Å². The van der Waals surface area contributed by atoms with E-state index in [2.05, 4.69) is 0 Å². The third kappa shape index (κ3) is 3.20. The molecule has 1 aliphatic heterocycles. The maximum atomic E-state index is 11.6. The predicted octanol–water partition coefficient (Wildman–Crippen LogP) is 0.954. The molecule has 0 spiro atoms. The number of sulfone groups is 1. The van der Waals surface area contributed by atoms with Crippen molar-refractivity contribution in [3.05, 3.63) is 0 Å². The molecule has 1 aliphatic carbocycles. The van der Waals surface area contributed by atoms with E-state index in [0.717, 1.165) is 45.3 Å². The lowest BCUT2D eigenvalue weighted by molar-refractivity contribution is 0.166. The van der Waals surface area contributed by atoms with Gasteiger partial charge < -0.3 is 10.5 Å². The first-order chi connectivity index (χ1) is 7.98. The van der Waals surface area contributed by atoms with Gasteiger partial charge >= 0.3 is 0 Å². The first-order valence-electron chi connectivity index (χ1n) is 6.50. The molecule has 0 amide bonds. The van der Waals surface area contributed by atoms with Crippen LogP contribution in [0.2, 0.25) is 0 Å². The van der Waals surface area contributed by atoms with Crippen LogP contribution in [0.3, 0.4) is 0 Å². The summed E-state index contributed by atoms with van der Waals surface area (Å²) < 4.78 is 28.6.